The first kappa shape index (κ1) is 25.3. The minimum Gasteiger partial charge on any atom is -0.456 e. The summed E-state index contributed by atoms with van der Waals surface area (Å²) in [5.41, 5.74) is 10.6. The van der Waals surface area contributed by atoms with E-state index in [2.05, 4.69) is 97.1 Å². The zero-order chi connectivity index (χ0) is 37.3. The number of hydrogen-bond acceptors (Lipinski definition) is 2. The van der Waals surface area contributed by atoms with Crippen molar-refractivity contribution in [3.63, 3.8) is 0 Å². The lowest BCUT2D eigenvalue weighted by Crippen LogP contribution is -2.28. The lowest BCUT2D eigenvalue weighted by atomic mass is 9.67. The molecule has 9 aromatic rings. The summed E-state index contributed by atoms with van der Waals surface area (Å²) in [4.78, 5) is 2.01. The Labute approximate surface area is 303 Å². The van der Waals surface area contributed by atoms with Gasteiger partial charge in [0.15, 0.2) is 0 Å². The number of para-hydroxylation sites is 2. The topological polar surface area (TPSA) is 16.4 Å². The largest absolute Gasteiger partial charge is 0.456 e. The van der Waals surface area contributed by atoms with Gasteiger partial charge in [0.25, 0.3) is 0 Å². The molecule has 0 N–H and O–H groups in total. The SMILES string of the molecule is [2H]c1c([2H])c([2H])c(N(c2ccc3c(c2)C(c2ccccc2)(c2ccccc2)c2ccccc2-3)c2ccc3oc4ccccc4c3c2)c(-c2ccccc2)c1[2H]. The van der Waals surface area contributed by atoms with Gasteiger partial charge in [0, 0.05) is 27.7 Å². The second-order valence-electron chi connectivity index (χ2n) is 13.0. The highest BCUT2D eigenvalue weighted by atomic mass is 16.3. The molecule has 0 amide bonds. The number of fused-ring (bicyclic) bond motifs is 6. The summed E-state index contributed by atoms with van der Waals surface area (Å²) in [5, 5.41) is 1.88. The molecule has 0 saturated heterocycles. The first-order valence-corrected chi connectivity index (χ1v) is 17.2. The fraction of sp³-hybridized carbons (Fsp3) is 0.0204. The van der Waals surface area contributed by atoms with Crippen LogP contribution >= 0.6 is 0 Å². The van der Waals surface area contributed by atoms with Gasteiger partial charge in [0.1, 0.15) is 11.2 Å². The van der Waals surface area contributed by atoms with Crippen LogP contribution in [0.5, 0.6) is 0 Å². The summed E-state index contributed by atoms with van der Waals surface area (Å²) in [6.45, 7) is 0. The van der Waals surface area contributed by atoms with Gasteiger partial charge in [-0.2, -0.15) is 0 Å². The second kappa shape index (κ2) is 11.8. The van der Waals surface area contributed by atoms with E-state index in [-0.39, 0.29) is 24.2 Å². The maximum absolute atomic E-state index is 9.57. The van der Waals surface area contributed by atoms with E-state index in [0.717, 1.165) is 61.1 Å². The number of hydrogen-bond donors (Lipinski definition) is 0. The maximum atomic E-state index is 9.57. The fourth-order valence-electron chi connectivity index (χ4n) is 8.12. The lowest BCUT2D eigenvalue weighted by Gasteiger charge is -2.35. The molecule has 1 aliphatic rings. The van der Waals surface area contributed by atoms with Crippen molar-refractivity contribution in [2.24, 2.45) is 0 Å². The Morgan fingerprint density at radius 2 is 1.04 bits per heavy atom. The van der Waals surface area contributed by atoms with Gasteiger partial charge in [-0.25, -0.2) is 0 Å². The normalized spacial score (nSPS) is 14.0. The Bertz CT molecular complexity index is 2880. The standard InChI is InChI=1S/C49H33NO/c1-4-16-34(17-5-1)39-22-11-14-26-46(39)50(37-29-31-48-43(32-37)42-24-12-15-27-47(42)51-48)38-28-30-41-40-23-10-13-25-44(40)49(45(41)33-38,35-18-6-2-7-19-35)36-20-8-3-9-21-36/h1-33H/i11D,14D,22D,26D. The Balaban J connectivity index is 1.33. The van der Waals surface area contributed by atoms with Crippen LogP contribution in [0.1, 0.15) is 27.7 Å². The molecule has 1 aliphatic carbocycles. The second-order valence-corrected chi connectivity index (χ2v) is 13.0. The molecule has 0 atom stereocenters. The Kier molecular flexibility index (Phi) is 5.84. The molecule has 0 unspecified atom stereocenters. The molecule has 0 spiro atoms. The zero-order valence-electron chi connectivity index (χ0n) is 31.6. The van der Waals surface area contributed by atoms with Crippen molar-refractivity contribution in [2.75, 3.05) is 4.90 Å². The quantitative estimate of drug-likeness (QED) is 0.177. The van der Waals surface area contributed by atoms with Crippen LogP contribution in [-0.4, -0.2) is 0 Å². The van der Waals surface area contributed by atoms with Crippen molar-refractivity contribution in [3.8, 4) is 22.3 Å². The highest BCUT2D eigenvalue weighted by Crippen LogP contribution is 2.57. The molecule has 1 heterocycles. The third kappa shape index (κ3) is 4.50. The van der Waals surface area contributed by atoms with Gasteiger partial charge >= 0.3 is 0 Å². The molecule has 240 valence electrons. The van der Waals surface area contributed by atoms with Crippen LogP contribution in [0.25, 0.3) is 44.2 Å². The summed E-state index contributed by atoms with van der Waals surface area (Å²) in [7, 11) is 0. The van der Waals surface area contributed by atoms with Crippen LogP contribution in [0.15, 0.2) is 205 Å². The molecule has 8 aromatic carbocycles. The van der Waals surface area contributed by atoms with Gasteiger partial charge in [-0.3, -0.25) is 0 Å². The zero-order valence-corrected chi connectivity index (χ0v) is 27.6. The van der Waals surface area contributed by atoms with E-state index in [0.29, 0.717) is 16.8 Å². The number of rotatable bonds is 6. The van der Waals surface area contributed by atoms with Crippen LogP contribution < -0.4 is 4.90 Å². The first-order valence-electron chi connectivity index (χ1n) is 19.2. The van der Waals surface area contributed by atoms with E-state index < -0.39 is 5.41 Å². The molecule has 10 rings (SSSR count). The van der Waals surface area contributed by atoms with Crippen molar-refractivity contribution in [1.82, 2.24) is 0 Å². The van der Waals surface area contributed by atoms with E-state index in [9.17, 15) is 2.74 Å². The van der Waals surface area contributed by atoms with Gasteiger partial charge in [0.05, 0.1) is 16.6 Å². The molecule has 2 nitrogen and oxygen atoms in total. The van der Waals surface area contributed by atoms with E-state index in [1.807, 2.05) is 83.8 Å². The molecule has 51 heavy (non-hydrogen) atoms. The van der Waals surface area contributed by atoms with Gasteiger partial charge in [-0.05, 0) is 81.4 Å². The highest BCUT2D eigenvalue weighted by Gasteiger charge is 2.46. The van der Waals surface area contributed by atoms with Gasteiger partial charge in [0.2, 0.25) is 0 Å². The summed E-state index contributed by atoms with van der Waals surface area (Å²) < 4.78 is 42.9. The van der Waals surface area contributed by atoms with E-state index in [4.69, 9.17) is 7.16 Å². The monoisotopic (exact) mass is 655 g/mol. The van der Waals surface area contributed by atoms with E-state index in [1.54, 1.807) is 0 Å². The highest BCUT2D eigenvalue weighted by molar-refractivity contribution is 6.07. The average Bonchev–Trinajstić information content (AvgIpc) is 3.76. The third-order valence-corrected chi connectivity index (χ3v) is 10.3. The van der Waals surface area contributed by atoms with Crippen LogP contribution in [0.4, 0.5) is 17.1 Å². The molecule has 0 saturated carbocycles. The Hall–Kier alpha value is -6.64. The van der Waals surface area contributed by atoms with E-state index >= 15 is 0 Å². The fourth-order valence-corrected chi connectivity index (χ4v) is 8.12. The summed E-state index contributed by atoms with van der Waals surface area (Å²) in [6.07, 6.45) is 0. The molecular formula is C49H33NO. The molecule has 0 radical (unpaired) electrons. The summed E-state index contributed by atoms with van der Waals surface area (Å²) >= 11 is 0. The number of benzene rings is 8. The van der Waals surface area contributed by atoms with Gasteiger partial charge in [-0.1, -0.05) is 158 Å². The Morgan fingerprint density at radius 3 is 1.82 bits per heavy atom. The molecule has 0 fully saturated rings. The first-order chi connectivity index (χ1) is 27.0. The lowest BCUT2D eigenvalue weighted by molar-refractivity contribution is 0.669. The van der Waals surface area contributed by atoms with Crippen molar-refractivity contribution in [3.05, 3.63) is 222 Å². The third-order valence-electron chi connectivity index (χ3n) is 10.3. The summed E-state index contributed by atoms with van der Waals surface area (Å²) in [6, 6.07) is 59.0. The van der Waals surface area contributed by atoms with Crippen molar-refractivity contribution >= 4 is 39.0 Å². The number of nitrogens with zero attached hydrogens (tertiary/aromatic N) is 1. The van der Waals surface area contributed by atoms with Crippen LogP contribution in [0.2, 0.25) is 0 Å². The molecular weight excluding hydrogens is 619 g/mol. The number of furan rings is 1. The predicted octanol–water partition coefficient (Wildman–Crippen LogP) is 13.1. The van der Waals surface area contributed by atoms with Gasteiger partial charge in [-0.15, -0.1) is 0 Å². The molecule has 1 aromatic heterocycles. The number of anilines is 3. The minimum absolute atomic E-state index is 0.0986. The van der Waals surface area contributed by atoms with Crippen molar-refractivity contribution < 1.29 is 9.90 Å². The predicted molar refractivity (Wildman–Crippen MR) is 211 cm³/mol. The van der Waals surface area contributed by atoms with Crippen molar-refractivity contribution in [1.29, 1.82) is 0 Å². The maximum Gasteiger partial charge on any atom is 0.135 e. The van der Waals surface area contributed by atoms with Crippen LogP contribution in [-0.2, 0) is 5.41 Å². The van der Waals surface area contributed by atoms with Crippen molar-refractivity contribution in [2.45, 2.75) is 5.41 Å². The van der Waals surface area contributed by atoms with Gasteiger partial charge < -0.3 is 9.32 Å². The average molecular weight is 656 g/mol. The molecule has 0 bridgehead atoms. The Morgan fingerprint density at radius 1 is 0.451 bits per heavy atom. The molecule has 2 heteroatoms. The minimum atomic E-state index is -0.668. The molecule has 0 aliphatic heterocycles. The van der Waals surface area contributed by atoms with Crippen LogP contribution in [0.3, 0.4) is 0 Å². The van der Waals surface area contributed by atoms with Crippen LogP contribution in [0, 0.1) is 0 Å². The smallest absolute Gasteiger partial charge is 0.135 e. The summed E-state index contributed by atoms with van der Waals surface area (Å²) in [5.74, 6) is 0. The van der Waals surface area contributed by atoms with E-state index in [1.165, 1.54) is 5.56 Å².